The van der Waals surface area contributed by atoms with Crippen LogP contribution >= 0.6 is 0 Å². The highest BCUT2D eigenvalue weighted by molar-refractivity contribution is 6.05. The number of hydrogen-bond donors (Lipinski definition) is 1. The van der Waals surface area contributed by atoms with Gasteiger partial charge in [0.1, 0.15) is 5.82 Å². The first-order valence-corrected chi connectivity index (χ1v) is 7.62. The molecule has 0 aromatic heterocycles. The van der Waals surface area contributed by atoms with Crippen molar-refractivity contribution in [3.05, 3.63) is 65.0 Å². The van der Waals surface area contributed by atoms with Gasteiger partial charge in [0.15, 0.2) is 11.6 Å². The average Bonchev–Trinajstić information content (AvgIpc) is 3.36. The van der Waals surface area contributed by atoms with Gasteiger partial charge >= 0.3 is 0 Å². The molecule has 25 heavy (non-hydrogen) atoms. The molecule has 1 aliphatic carbocycles. The number of anilines is 1. The van der Waals surface area contributed by atoms with Crippen LogP contribution in [0.15, 0.2) is 36.4 Å². The first-order valence-electron chi connectivity index (χ1n) is 7.62. The molecule has 1 aliphatic rings. The van der Waals surface area contributed by atoms with Gasteiger partial charge in [0.2, 0.25) is 5.91 Å². The van der Waals surface area contributed by atoms with E-state index in [1.807, 2.05) is 0 Å². The van der Waals surface area contributed by atoms with Crippen molar-refractivity contribution in [2.24, 2.45) is 11.7 Å². The van der Waals surface area contributed by atoms with Gasteiger partial charge in [0.05, 0.1) is 11.3 Å². The minimum atomic E-state index is -0.978. The van der Waals surface area contributed by atoms with Gasteiger partial charge in [-0.1, -0.05) is 12.1 Å². The van der Waals surface area contributed by atoms with Gasteiger partial charge in [-0.05, 0) is 42.2 Å². The molecule has 2 N–H and O–H groups in total. The third kappa shape index (κ3) is 3.09. The maximum atomic E-state index is 14.1. The lowest BCUT2D eigenvalue weighted by atomic mass is 10.1. The summed E-state index contributed by atoms with van der Waals surface area (Å²) in [6, 6.07) is 7.30. The Hall–Kier alpha value is -2.83. The fourth-order valence-corrected chi connectivity index (χ4v) is 2.99. The normalized spacial score (nSPS) is 18.7. The van der Waals surface area contributed by atoms with Crippen LogP contribution in [0.2, 0.25) is 0 Å². The smallest absolute Gasteiger partial charge is 0.250 e. The lowest BCUT2D eigenvalue weighted by Crippen LogP contribution is -2.31. The lowest BCUT2D eigenvalue weighted by molar-refractivity contribution is -0.119. The highest BCUT2D eigenvalue weighted by atomic mass is 19.2. The summed E-state index contributed by atoms with van der Waals surface area (Å²) in [6.07, 6.45) is 0.439. The summed E-state index contributed by atoms with van der Waals surface area (Å²) in [5, 5.41) is 0. The largest absolute Gasteiger partial charge is 0.366 e. The molecular weight excluding hydrogens is 333 g/mol. The zero-order valence-electron chi connectivity index (χ0n) is 13.3. The Morgan fingerprint density at radius 3 is 2.44 bits per heavy atom. The molecule has 130 valence electrons. The van der Waals surface area contributed by atoms with Crippen molar-refractivity contribution < 1.29 is 22.8 Å². The Morgan fingerprint density at radius 1 is 1.08 bits per heavy atom. The van der Waals surface area contributed by atoms with E-state index in [1.165, 1.54) is 25.2 Å². The number of hydrogen-bond acceptors (Lipinski definition) is 2. The first kappa shape index (κ1) is 17.0. The van der Waals surface area contributed by atoms with Crippen LogP contribution in [0.5, 0.6) is 0 Å². The predicted octanol–water partition coefficient (Wildman–Crippen LogP) is 2.97. The van der Waals surface area contributed by atoms with Crippen LogP contribution in [0, 0.1) is 23.4 Å². The SMILES string of the molecule is CN(C(=O)[C@H]1C[C@@H]1c1ccc(F)c(F)c1)c1c(F)cccc1C(N)=O. The number of amides is 2. The number of rotatable bonds is 4. The van der Waals surface area contributed by atoms with Crippen LogP contribution in [0.3, 0.4) is 0 Å². The van der Waals surface area contributed by atoms with Crippen molar-refractivity contribution in [2.75, 3.05) is 11.9 Å². The van der Waals surface area contributed by atoms with E-state index in [1.54, 1.807) is 0 Å². The van der Waals surface area contributed by atoms with Gasteiger partial charge in [0.25, 0.3) is 5.91 Å². The minimum Gasteiger partial charge on any atom is -0.366 e. The van der Waals surface area contributed by atoms with Gasteiger partial charge in [-0.25, -0.2) is 13.2 Å². The summed E-state index contributed by atoms with van der Waals surface area (Å²) in [6.45, 7) is 0. The van der Waals surface area contributed by atoms with Gasteiger partial charge in [0, 0.05) is 13.0 Å². The summed E-state index contributed by atoms with van der Waals surface area (Å²) in [7, 11) is 1.35. The highest BCUT2D eigenvalue weighted by Gasteiger charge is 2.46. The lowest BCUT2D eigenvalue weighted by Gasteiger charge is -2.20. The monoisotopic (exact) mass is 348 g/mol. The Morgan fingerprint density at radius 2 is 1.80 bits per heavy atom. The van der Waals surface area contributed by atoms with E-state index in [0.717, 1.165) is 23.1 Å². The van der Waals surface area contributed by atoms with Crippen molar-refractivity contribution in [3.8, 4) is 0 Å². The molecule has 0 radical (unpaired) electrons. The van der Waals surface area contributed by atoms with Crippen molar-refractivity contribution in [2.45, 2.75) is 12.3 Å². The van der Waals surface area contributed by atoms with E-state index in [-0.39, 0.29) is 17.2 Å². The second-order valence-corrected chi connectivity index (χ2v) is 6.02. The molecule has 0 unspecified atom stereocenters. The Balaban J connectivity index is 1.83. The summed E-state index contributed by atoms with van der Waals surface area (Å²) >= 11 is 0. The van der Waals surface area contributed by atoms with Crippen molar-refractivity contribution in [1.29, 1.82) is 0 Å². The molecule has 0 heterocycles. The first-order chi connectivity index (χ1) is 11.8. The van der Waals surface area contributed by atoms with Crippen LogP contribution < -0.4 is 10.6 Å². The third-order valence-corrected chi connectivity index (χ3v) is 4.40. The second kappa shape index (κ2) is 6.23. The fraction of sp³-hybridized carbons (Fsp3) is 0.222. The molecule has 1 saturated carbocycles. The maximum Gasteiger partial charge on any atom is 0.250 e. The Kier molecular flexibility index (Phi) is 4.24. The summed E-state index contributed by atoms with van der Waals surface area (Å²) < 4.78 is 40.5. The molecule has 4 nitrogen and oxygen atoms in total. The van der Waals surface area contributed by atoms with Crippen LogP contribution in [-0.2, 0) is 4.79 Å². The van der Waals surface area contributed by atoms with Crippen molar-refractivity contribution >= 4 is 17.5 Å². The van der Waals surface area contributed by atoms with E-state index < -0.39 is 35.2 Å². The molecule has 0 spiro atoms. The second-order valence-electron chi connectivity index (χ2n) is 6.02. The number of halogens is 3. The third-order valence-electron chi connectivity index (χ3n) is 4.40. The number of nitrogens with two attached hydrogens (primary N) is 1. The topological polar surface area (TPSA) is 63.4 Å². The molecule has 2 aromatic rings. The number of benzene rings is 2. The number of para-hydroxylation sites is 1. The summed E-state index contributed by atoms with van der Waals surface area (Å²) in [5.74, 6) is -4.69. The van der Waals surface area contributed by atoms with E-state index in [4.69, 9.17) is 5.73 Å². The molecule has 0 saturated heterocycles. The molecule has 2 amide bonds. The van der Waals surface area contributed by atoms with Gasteiger partial charge in [-0.15, -0.1) is 0 Å². The van der Waals surface area contributed by atoms with Crippen molar-refractivity contribution in [1.82, 2.24) is 0 Å². The molecule has 0 bridgehead atoms. The Labute approximate surface area is 142 Å². The van der Waals surface area contributed by atoms with Crippen LogP contribution in [0.4, 0.5) is 18.9 Å². The predicted molar refractivity (Wildman–Crippen MR) is 85.5 cm³/mol. The van der Waals surface area contributed by atoms with E-state index >= 15 is 0 Å². The van der Waals surface area contributed by atoms with Gasteiger partial charge in [-0.3, -0.25) is 9.59 Å². The van der Waals surface area contributed by atoms with Crippen LogP contribution in [0.25, 0.3) is 0 Å². The zero-order chi connectivity index (χ0) is 18.3. The average molecular weight is 348 g/mol. The number of carbonyl (C=O) groups is 2. The van der Waals surface area contributed by atoms with Gasteiger partial charge in [-0.2, -0.15) is 0 Å². The fourth-order valence-electron chi connectivity index (χ4n) is 2.99. The number of nitrogens with zero attached hydrogens (tertiary/aromatic N) is 1. The molecule has 2 aromatic carbocycles. The zero-order valence-corrected chi connectivity index (χ0v) is 13.3. The number of primary amides is 1. The quantitative estimate of drug-likeness (QED) is 0.923. The van der Waals surface area contributed by atoms with E-state index in [9.17, 15) is 22.8 Å². The minimum absolute atomic E-state index is 0.0964. The molecule has 3 rings (SSSR count). The number of carbonyl (C=O) groups excluding carboxylic acids is 2. The molecule has 2 atom stereocenters. The molecule has 1 fully saturated rings. The van der Waals surface area contributed by atoms with E-state index in [0.29, 0.717) is 12.0 Å². The summed E-state index contributed by atoms with van der Waals surface area (Å²) in [5.41, 5.74) is 5.47. The van der Waals surface area contributed by atoms with Crippen LogP contribution in [-0.4, -0.2) is 18.9 Å². The molecule has 7 heteroatoms. The van der Waals surface area contributed by atoms with E-state index in [2.05, 4.69) is 0 Å². The van der Waals surface area contributed by atoms with Crippen molar-refractivity contribution in [3.63, 3.8) is 0 Å². The summed E-state index contributed by atoms with van der Waals surface area (Å²) in [4.78, 5) is 25.1. The maximum absolute atomic E-state index is 14.1. The van der Waals surface area contributed by atoms with Gasteiger partial charge < -0.3 is 10.6 Å². The highest BCUT2D eigenvalue weighted by Crippen LogP contribution is 2.49. The Bertz CT molecular complexity index is 869. The standard InChI is InChI=1S/C18H15F3N2O2/c1-23(16-10(17(22)24)3-2-4-14(16)20)18(25)12-8-11(12)9-5-6-13(19)15(21)7-9/h2-7,11-12H,8H2,1H3,(H2,22,24)/t11-,12+/m1/s1. The van der Waals surface area contributed by atoms with Crippen LogP contribution in [0.1, 0.15) is 28.3 Å². The molecule has 0 aliphatic heterocycles. The molecular formula is C18H15F3N2O2.